The zero-order chi connectivity index (χ0) is 7.40. The monoisotopic (exact) mass is 230 g/mol. The summed E-state index contributed by atoms with van der Waals surface area (Å²) in [5.41, 5.74) is 0. The third-order valence-corrected chi connectivity index (χ3v) is 6.90. The Bertz CT molecular complexity index is 92.0. The number of hydrogen-bond acceptors (Lipinski definition) is 5. The molecule has 0 bridgehead atoms. The summed E-state index contributed by atoms with van der Waals surface area (Å²) in [5, 5.41) is 0.890. The largest absolute Gasteiger partial charge is 0.167 e. The van der Waals surface area contributed by atoms with Gasteiger partial charge in [0.1, 0.15) is 0 Å². The Morgan fingerprint density at radius 1 is 1.60 bits per heavy atom. The lowest BCUT2D eigenvalue weighted by Gasteiger charge is -2.29. The number of thiol groups is 2. The van der Waals surface area contributed by atoms with E-state index in [0.29, 0.717) is 4.58 Å². The summed E-state index contributed by atoms with van der Waals surface area (Å²) in [6, 6.07) is 0. The zero-order valence-electron chi connectivity index (χ0n) is 5.40. The van der Waals surface area contributed by atoms with E-state index >= 15 is 0 Å². The highest BCUT2D eigenvalue weighted by atomic mass is 33.1. The molecule has 0 nitrogen and oxygen atoms in total. The summed E-state index contributed by atoms with van der Waals surface area (Å²) in [5.74, 6) is 3.44. The van der Waals surface area contributed by atoms with Crippen LogP contribution < -0.4 is 0 Å². The van der Waals surface area contributed by atoms with Crippen molar-refractivity contribution >= 4 is 58.6 Å². The van der Waals surface area contributed by atoms with Crippen LogP contribution in [-0.2, 0) is 0 Å². The average Bonchev–Trinajstić information content (AvgIpc) is 1.79. The van der Waals surface area contributed by atoms with Crippen LogP contribution in [0, 0.1) is 5.92 Å². The molecule has 10 heavy (non-hydrogen) atoms. The van der Waals surface area contributed by atoms with Crippen molar-refractivity contribution in [3.8, 4) is 0 Å². The lowest BCUT2D eigenvalue weighted by atomic mass is 10.2. The van der Waals surface area contributed by atoms with E-state index in [1.807, 2.05) is 22.6 Å². The first-order valence-electron chi connectivity index (χ1n) is 2.99. The van der Waals surface area contributed by atoms with Crippen molar-refractivity contribution in [1.82, 2.24) is 0 Å². The second-order valence-corrected chi connectivity index (χ2v) is 7.27. The summed E-state index contributed by atoms with van der Waals surface area (Å²) >= 11 is 10.6. The van der Waals surface area contributed by atoms with Crippen LogP contribution in [0.5, 0.6) is 0 Å². The molecular weight excluding hydrogens is 220 g/mol. The molecule has 0 saturated carbocycles. The van der Waals surface area contributed by atoms with E-state index in [0.717, 1.165) is 11.0 Å². The van der Waals surface area contributed by atoms with Crippen molar-refractivity contribution in [1.29, 1.82) is 0 Å². The van der Waals surface area contributed by atoms with Crippen molar-refractivity contribution in [3.05, 3.63) is 0 Å². The fourth-order valence-corrected chi connectivity index (χ4v) is 4.95. The summed E-state index contributed by atoms with van der Waals surface area (Å²) < 4.78 is 0.526. The minimum absolute atomic E-state index is 0.526. The van der Waals surface area contributed by atoms with E-state index in [-0.39, 0.29) is 0 Å². The van der Waals surface area contributed by atoms with Gasteiger partial charge in [-0.2, -0.15) is 37.0 Å². The van der Waals surface area contributed by atoms with E-state index in [4.69, 9.17) is 0 Å². The highest BCUT2D eigenvalue weighted by molar-refractivity contribution is 8.79. The Labute approximate surface area is 85.3 Å². The van der Waals surface area contributed by atoms with Crippen LogP contribution in [0.25, 0.3) is 0 Å². The van der Waals surface area contributed by atoms with Crippen LogP contribution in [0.3, 0.4) is 0 Å². The van der Waals surface area contributed by atoms with Crippen molar-refractivity contribution in [2.75, 3.05) is 16.6 Å². The molecular formula is C5H10S5. The Balaban J connectivity index is 2.02. The molecule has 0 aliphatic carbocycles. The summed E-state index contributed by atoms with van der Waals surface area (Å²) in [6.45, 7) is 0. The van der Waals surface area contributed by atoms with Crippen molar-refractivity contribution in [2.24, 2.45) is 5.92 Å². The van der Waals surface area contributed by atoms with Crippen LogP contribution in [-0.4, -0.2) is 21.2 Å². The van der Waals surface area contributed by atoms with E-state index in [1.165, 1.54) is 11.5 Å². The summed E-state index contributed by atoms with van der Waals surface area (Å²) in [7, 11) is 3.64. The third kappa shape index (κ3) is 3.01. The fourth-order valence-electron chi connectivity index (χ4n) is 0.597. The predicted octanol–water partition coefficient (Wildman–Crippen LogP) is 2.87. The third-order valence-electron chi connectivity index (χ3n) is 1.29. The number of thioether (sulfide) groups is 1. The Hall–Kier alpha value is 1.75. The van der Waals surface area contributed by atoms with Gasteiger partial charge < -0.3 is 0 Å². The highest BCUT2D eigenvalue weighted by Gasteiger charge is 2.25. The van der Waals surface area contributed by atoms with E-state index in [9.17, 15) is 0 Å². The smallest absolute Gasteiger partial charge is 0.0620 e. The molecule has 1 fully saturated rings. The molecule has 0 aromatic rings. The minimum Gasteiger partial charge on any atom is -0.167 e. The van der Waals surface area contributed by atoms with Crippen molar-refractivity contribution < 1.29 is 0 Å². The first kappa shape index (κ1) is 9.84. The maximum absolute atomic E-state index is 4.49. The maximum Gasteiger partial charge on any atom is 0.0620 e. The van der Waals surface area contributed by atoms with Gasteiger partial charge in [0.25, 0.3) is 0 Å². The highest BCUT2D eigenvalue weighted by Crippen LogP contribution is 2.40. The summed E-state index contributed by atoms with van der Waals surface area (Å²) in [4.78, 5) is 0. The van der Waals surface area contributed by atoms with E-state index in [2.05, 4.69) is 25.3 Å². The van der Waals surface area contributed by atoms with Crippen molar-refractivity contribution in [3.63, 3.8) is 0 Å². The van der Waals surface area contributed by atoms with Crippen LogP contribution >= 0.6 is 58.6 Å². The van der Waals surface area contributed by atoms with Gasteiger partial charge in [-0.05, 0) is 17.4 Å². The minimum atomic E-state index is 0.526. The SMILES string of the molecule is SCSSC(S)C1CSC1. The van der Waals surface area contributed by atoms with Gasteiger partial charge in [0.2, 0.25) is 0 Å². The molecule has 1 rings (SSSR count). The molecule has 0 aromatic heterocycles. The van der Waals surface area contributed by atoms with Crippen LogP contribution in [0.4, 0.5) is 0 Å². The number of rotatable bonds is 4. The Morgan fingerprint density at radius 2 is 2.30 bits per heavy atom. The molecule has 0 amide bonds. The predicted molar refractivity (Wildman–Crippen MR) is 62.6 cm³/mol. The topological polar surface area (TPSA) is 0 Å². The average molecular weight is 230 g/mol. The van der Waals surface area contributed by atoms with Gasteiger partial charge in [-0.15, -0.1) is 0 Å². The molecule has 1 aliphatic rings. The molecule has 0 spiro atoms. The Kier molecular flexibility index (Phi) is 5.32. The summed E-state index contributed by atoms with van der Waals surface area (Å²) in [6.07, 6.45) is 0. The molecule has 0 N–H and O–H groups in total. The van der Waals surface area contributed by atoms with Crippen molar-refractivity contribution in [2.45, 2.75) is 4.58 Å². The van der Waals surface area contributed by atoms with Crippen LogP contribution in [0.2, 0.25) is 0 Å². The molecule has 5 heteroatoms. The molecule has 1 unspecified atom stereocenters. The van der Waals surface area contributed by atoms with Gasteiger partial charge in [0, 0.05) is 5.08 Å². The van der Waals surface area contributed by atoms with Gasteiger partial charge in [-0.3, -0.25) is 0 Å². The van der Waals surface area contributed by atoms with Gasteiger partial charge in [0.05, 0.1) is 4.58 Å². The lowest BCUT2D eigenvalue weighted by molar-refractivity contribution is 0.712. The second-order valence-electron chi connectivity index (χ2n) is 2.03. The first-order valence-corrected chi connectivity index (χ1v) is 7.68. The van der Waals surface area contributed by atoms with E-state index < -0.39 is 0 Å². The van der Waals surface area contributed by atoms with E-state index in [1.54, 1.807) is 10.8 Å². The molecule has 1 atom stereocenters. The molecule has 1 aliphatic heterocycles. The standard InChI is InChI=1S/C5H10S5/c6-3-9-10-5(7)4-1-8-2-4/h4-7H,1-3H2. The fraction of sp³-hybridized carbons (Fsp3) is 1.00. The second kappa shape index (κ2) is 5.41. The van der Waals surface area contributed by atoms with Gasteiger partial charge >= 0.3 is 0 Å². The van der Waals surface area contributed by atoms with Gasteiger partial charge in [-0.1, -0.05) is 21.6 Å². The van der Waals surface area contributed by atoms with Gasteiger partial charge in [-0.25, -0.2) is 0 Å². The van der Waals surface area contributed by atoms with Crippen LogP contribution in [0.15, 0.2) is 0 Å². The molecule has 1 saturated heterocycles. The molecule has 1 heterocycles. The van der Waals surface area contributed by atoms with Gasteiger partial charge in [0.15, 0.2) is 0 Å². The quantitative estimate of drug-likeness (QED) is 0.433. The van der Waals surface area contributed by atoms with Crippen LogP contribution in [0.1, 0.15) is 0 Å². The first-order chi connectivity index (χ1) is 4.84. The normalized spacial score (nSPS) is 22.2. The number of hydrogen-bond donors (Lipinski definition) is 2. The zero-order valence-corrected chi connectivity index (χ0v) is 9.63. The molecule has 60 valence electrons. The molecule has 0 aromatic carbocycles. The Morgan fingerprint density at radius 3 is 2.70 bits per heavy atom. The lowest BCUT2D eigenvalue weighted by Crippen LogP contribution is -2.25. The maximum atomic E-state index is 4.49. The molecule has 0 radical (unpaired) electrons.